The zero-order chi connectivity index (χ0) is 37.1. The van der Waals surface area contributed by atoms with Gasteiger partial charge in [-0.05, 0) is 70.9 Å². The smallest absolute Gasteiger partial charge is 0.123 e. The van der Waals surface area contributed by atoms with Crippen LogP contribution in [0.25, 0.3) is 43.1 Å². The summed E-state index contributed by atoms with van der Waals surface area (Å²) >= 11 is 0. The van der Waals surface area contributed by atoms with Gasteiger partial charge in [-0.1, -0.05) is 138 Å². The number of anilines is 2. The summed E-state index contributed by atoms with van der Waals surface area (Å²) in [5, 5.41) is 49.6. The van der Waals surface area contributed by atoms with E-state index in [4.69, 9.17) is 0 Å². The minimum atomic E-state index is -1.17. The summed E-state index contributed by atoms with van der Waals surface area (Å²) in [5.41, 5.74) is 3.93. The summed E-state index contributed by atoms with van der Waals surface area (Å²) in [6.07, 6.45) is 6.40. The fourth-order valence-electron chi connectivity index (χ4n) is 9.15. The third-order valence-electron chi connectivity index (χ3n) is 11.8. The van der Waals surface area contributed by atoms with Gasteiger partial charge in [-0.25, -0.2) is 0 Å². The van der Waals surface area contributed by atoms with Gasteiger partial charge in [-0.15, -0.1) is 12.2 Å². The molecule has 0 aliphatic heterocycles. The molecular weight excluding hydrogens is 653 g/mol. The van der Waals surface area contributed by atoms with E-state index in [9.17, 15) is 5.11 Å². The molecule has 0 amide bonds. The Hall–Kier alpha value is -4.32. The molecule has 7 rings (SSSR count). The molecule has 1 saturated carbocycles. The van der Waals surface area contributed by atoms with Crippen LogP contribution < -0.4 is 20.0 Å². The molecule has 0 bridgehead atoms. The van der Waals surface area contributed by atoms with Crippen LogP contribution in [0.4, 0.5) is 11.4 Å². The van der Waals surface area contributed by atoms with E-state index >= 15 is 10.2 Å². The molecule has 1 aliphatic carbocycles. The Morgan fingerprint density at radius 1 is 0.453 bits per heavy atom. The third-order valence-corrected chi connectivity index (χ3v) is 11.8. The summed E-state index contributed by atoms with van der Waals surface area (Å²) < 4.78 is 0. The van der Waals surface area contributed by atoms with Crippen LogP contribution in [-0.4, -0.2) is 43.5 Å². The maximum atomic E-state index is 15.0. The maximum Gasteiger partial charge on any atom is 0.123 e. The Bertz CT molecular complexity index is 2110. The topological polar surface area (TPSA) is 72.8 Å². The van der Waals surface area contributed by atoms with Gasteiger partial charge in [0, 0.05) is 53.1 Å². The highest BCUT2D eigenvalue weighted by molar-refractivity contribution is 6.17. The van der Waals surface area contributed by atoms with Crippen LogP contribution in [0.15, 0.2) is 91.0 Å². The Morgan fingerprint density at radius 3 is 1.21 bits per heavy atom. The van der Waals surface area contributed by atoms with E-state index in [1.54, 1.807) is 6.07 Å². The van der Waals surface area contributed by atoms with E-state index < -0.39 is 24.0 Å². The largest absolute Gasteiger partial charge is 0.851 e. The number of phenols is 1. The average Bonchev–Trinajstić information content (AvgIpc) is 3.18. The van der Waals surface area contributed by atoms with Gasteiger partial charge in [0.15, 0.2) is 0 Å². The van der Waals surface area contributed by atoms with Gasteiger partial charge in [-0.2, -0.15) is 0 Å². The monoisotopic (exact) mass is 708 g/mol. The number of phenolic OH excluding ortho intramolecular Hbond substituents is 1. The minimum Gasteiger partial charge on any atom is -0.851 e. The normalized spacial score (nSPS) is 18.6. The molecule has 5 nitrogen and oxygen atoms in total. The Labute approximate surface area is 315 Å². The van der Waals surface area contributed by atoms with Crippen LogP contribution in [0.3, 0.4) is 0 Å². The minimum absolute atomic E-state index is 0.137. The van der Waals surface area contributed by atoms with Gasteiger partial charge in [0.05, 0.1) is 11.4 Å². The lowest BCUT2D eigenvalue weighted by Crippen LogP contribution is -2.63. The number of fused-ring (bicyclic) bond motifs is 4. The number of hydrogen-bond donors (Lipinski definition) is 1. The molecule has 0 aromatic heterocycles. The van der Waals surface area contributed by atoms with Crippen LogP contribution in [-0.2, 0) is 0 Å². The number of aromatic hydroxyl groups is 1. The number of unbranched alkanes of at least 4 members (excludes halogenated alkanes) is 4. The summed E-state index contributed by atoms with van der Waals surface area (Å²) in [6, 6.07) is 30.8. The van der Waals surface area contributed by atoms with Crippen molar-refractivity contribution in [3.63, 3.8) is 0 Å². The molecule has 1 N–H and O–H groups in total. The van der Waals surface area contributed by atoms with Crippen molar-refractivity contribution >= 4 is 54.5 Å². The predicted molar refractivity (Wildman–Crippen MR) is 222 cm³/mol. The molecule has 2 unspecified atom stereocenters. The van der Waals surface area contributed by atoms with E-state index in [1.807, 2.05) is 24.3 Å². The van der Waals surface area contributed by atoms with Crippen molar-refractivity contribution < 1.29 is 15.3 Å². The summed E-state index contributed by atoms with van der Waals surface area (Å²) in [4.78, 5) is 5.01. The number of hydrogen-bond acceptors (Lipinski definition) is 5. The quantitative estimate of drug-likeness (QED) is 0.101. The molecule has 0 saturated heterocycles. The molecular formula is C48H56N2O3-2. The fraction of sp³-hybridized carbons (Fsp3) is 0.417. The molecule has 0 heterocycles. The molecule has 5 heteroatoms. The molecule has 2 atom stereocenters. The first kappa shape index (κ1) is 37.0. The van der Waals surface area contributed by atoms with Crippen molar-refractivity contribution in [2.75, 3.05) is 36.0 Å². The molecule has 53 heavy (non-hydrogen) atoms. The van der Waals surface area contributed by atoms with Gasteiger partial charge < -0.3 is 25.1 Å². The summed E-state index contributed by atoms with van der Waals surface area (Å²) in [5.74, 6) is -1.37. The highest BCUT2D eigenvalue weighted by Crippen LogP contribution is 2.55. The summed E-state index contributed by atoms with van der Waals surface area (Å²) in [7, 11) is 0. The van der Waals surface area contributed by atoms with Gasteiger partial charge in [0.25, 0.3) is 0 Å². The van der Waals surface area contributed by atoms with Gasteiger partial charge in [0.2, 0.25) is 0 Å². The maximum absolute atomic E-state index is 15.0. The van der Waals surface area contributed by atoms with E-state index in [0.717, 1.165) is 132 Å². The Morgan fingerprint density at radius 2 is 0.792 bits per heavy atom. The lowest BCUT2D eigenvalue weighted by molar-refractivity contribution is -0.535. The lowest BCUT2D eigenvalue weighted by Gasteiger charge is -2.62. The highest BCUT2D eigenvalue weighted by Gasteiger charge is 2.42. The second kappa shape index (κ2) is 16.4. The molecule has 0 radical (unpaired) electrons. The van der Waals surface area contributed by atoms with Crippen molar-refractivity contribution in [2.45, 2.75) is 103 Å². The van der Waals surface area contributed by atoms with Crippen molar-refractivity contribution in [3.05, 3.63) is 102 Å². The Balaban J connectivity index is 1.41. The van der Waals surface area contributed by atoms with Crippen molar-refractivity contribution in [1.82, 2.24) is 0 Å². The van der Waals surface area contributed by atoms with Crippen molar-refractivity contribution in [2.24, 2.45) is 0 Å². The van der Waals surface area contributed by atoms with Crippen LogP contribution in [0.1, 0.15) is 102 Å². The standard InChI is InChI=1S/C48H56N2O3/c1-5-9-28-49(29-10-6-2)45-35-23-16-13-20-32(35)40(33-21-14-17-24-36(33)45)43-47(52)44(48(43)53)42-34-22-15-18-25-37(34)46(38-26-19-27-39(51)41(38)42)50(30-11-7-3)31-12-8-4/h13-27,43-44,47-48,51H,5-12,28-31H2,1-4H3/q-2. The van der Waals surface area contributed by atoms with Crippen LogP contribution in [0.5, 0.6) is 5.75 Å². The van der Waals surface area contributed by atoms with Crippen molar-refractivity contribution in [1.29, 1.82) is 0 Å². The van der Waals surface area contributed by atoms with Crippen LogP contribution in [0, 0.1) is 0 Å². The Kier molecular flexibility index (Phi) is 11.4. The molecule has 1 aliphatic rings. The molecule has 1 fully saturated rings. The second-order valence-electron chi connectivity index (χ2n) is 15.2. The zero-order valence-corrected chi connectivity index (χ0v) is 32.1. The van der Waals surface area contributed by atoms with Gasteiger partial charge in [-0.3, -0.25) is 0 Å². The highest BCUT2D eigenvalue weighted by atomic mass is 16.3. The molecule has 6 aromatic carbocycles. The van der Waals surface area contributed by atoms with E-state index in [0.29, 0.717) is 5.39 Å². The number of benzene rings is 6. The SMILES string of the molecule is CCCCN(CCCC)c1c2ccccc2c(C2C([O-])C(c3c4ccccc4c(N(CCCC)CCCC)c4cccc(O)c34)C2[O-])c2ccccc12. The molecule has 6 aromatic rings. The second-order valence-corrected chi connectivity index (χ2v) is 15.2. The number of rotatable bonds is 16. The fourth-order valence-corrected chi connectivity index (χ4v) is 9.15. The first-order chi connectivity index (χ1) is 26.0. The van der Waals surface area contributed by atoms with E-state index in [2.05, 4.69) is 98.2 Å². The van der Waals surface area contributed by atoms with Crippen LogP contribution in [0.2, 0.25) is 0 Å². The van der Waals surface area contributed by atoms with Crippen LogP contribution >= 0.6 is 0 Å². The van der Waals surface area contributed by atoms with Gasteiger partial charge in [0.1, 0.15) is 5.75 Å². The van der Waals surface area contributed by atoms with Crippen molar-refractivity contribution in [3.8, 4) is 5.75 Å². The molecule has 278 valence electrons. The van der Waals surface area contributed by atoms with E-state index in [-0.39, 0.29) is 5.75 Å². The average molecular weight is 709 g/mol. The zero-order valence-electron chi connectivity index (χ0n) is 32.1. The summed E-state index contributed by atoms with van der Waals surface area (Å²) in [6.45, 7) is 12.7. The molecule has 0 spiro atoms. The van der Waals surface area contributed by atoms with E-state index in [1.165, 1.54) is 5.69 Å². The third kappa shape index (κ3) is 6.61. The number of nitrogens with zero attached hydrogens (tertiary/aromatic N) is 2. The van der Waals surface area contributed by atoms with Gasteiger partial charge >= 0.3 is 0 Å². The lowest BCUT2D eigenvalue weighted by atomic mass is 9.60. The first-order valence-corrected chi connectivity index (χ1v) is 20.4. The first-order valence-electron chi connectivity index (χ1n) is 20.4. The predicted octanol–water partition coefficient (Wildman–Crippen LogP) is 10.2.